The highest BCUT2D eigenvalue weighted by Crippen LogP contribution is 2.15. The van der Waals surface area contributed by atoms with Gasteiger partial charge in [0.15, 0.2) is 0 Å². The van der Waals surface area contributed by atoms with Gasteiger partial charge in [0, 0.05) is 32.2 Å². The molecular formula is C23H24N2O3. The van der Waals surface area contributed by atoms with Crippen LogP contribution in [0.3, 0.4) is 0 Å². The molecule has 0 saturated carbocycles. The van der Waals surface area contributed by atoms with Gasteiger partial charge in [-0.1, -0.05) is 54.6 Å². The Morgan fingerprint density at radius 1 is 0.857 bits per heavy atom. The van der Waals surface area contributed by atoms with Crippen LogP contribution in [0.5, 0.6) is 0 Å². The minimum Gasteiger partial charge on any atom is -0.380 e. The molecule has 0 heterocycles. The van der Waals surface area contributed by atoms with Gasteiger partial charge in [0.05, 0.1) is 6.61 Å². The van der Waals surface area contributed by atoms with E-state index in [-0.39, 0.29) is 24.8 Å². The summed E-state index contributed by atoms with van der Waals surface area (Å²) >= 11 is 0. The van der Waals surface area contributed by atoms with Crippen molar-refractivity contribution in [2.45, 2.75) is 19.6 Å². The van der Waals surface area contributed by atoms with Crippen LogP contribution in [0.2, 0.25) is 0 Å². The van der Waals surface area contributed by atoms with Crippen LogP contribution in [0.15, 0.2) is 66.7 Å². The van der Waals surface area contributed by atoms with Crippen LogP contribution in [-0.2, 0) is 22.7 Å². The van der Waals surface area contributed by atoms with Crippen LogP contribution in [0, 0.1) is 0 Å². The third-order valence-corrected chi connectivity index (χ3v) is 4.54. The molecule has 3 aromatic carbocycles. The average molecular weight is 376 g/mol. The quantitative estimate of drug-likeness (QED) is 0.633. The van der Waals surface area contributed by atoms with Crippen molar-refractivity contribution >= 4 is 22.6 Å². The highest BCUT2D eigenvalue weighted by atomic mass is 16.5. The molecule has 2 N–H and O–H groups in total. The Hall–Kier alpha value is -3.18. The molecule has 5 nitrogen and oxygen atoms in total. The molecule has 0 saturated heterocycles. The molecular weight excluding hydrogens is 352 g/mol. The van der Waals surface area contributed by atoms with Gasteiger partial charge in [0.2, 0.25) is 5.91 Å². The lowest BCUT2D eigenvalue weighted by Gasteiger charge is -2.10. The van der Waals surface area contributed by atoms with Gasteiger partial charge in [-0.25, -0.2) is 0 Å². The molecule has 2 amide bonds. The summed E-state index contributed by atoms with van der Waals surface area (Å²) in [6.07, 6.45) is 0.228. The Labute approximate surface area is 164 Å². The van der Waals surface area contributed by atoms with Crippen LogP contribution < -0.4 is 10.6 Å². The average Bonchev–Trinajstić information content (AvgIpc) is 2.73. The molecule has 28 heavy (non-hydrogen) atoms. The minimum atomic E-state index is -0.177. The van der Waals surface area contributed by atoms with Crippen LogP contribution in [0.4, 0.5) is 0 Å². The van der Waals surface area contributed by atoms with E-state index in [9.17, 15) is 9.59 Å². The van der Waals surface area contributed by atoms with Crippen LogP contribution in [0.25, 0.3) is 10.8 Å². The summed E-state index contributed by atoms with van der Waals surface area (Å²) in [6, 6.07) is 21.3. The van der Waals surface area contributed by atoms with Gasteiger partial charge in [-0.3, -0.25) is 9.59 Å². The first kappa shape index (κ1) is 19.6. The fraction of sp³-hybridized carbons (Fsp3) is 0.217. The molecule has 0 bridgehead atoms. The highest BCUT2D eigenvalue weighted by Gasteiger charge is 2.08. The monoisotopic (exact) mass is 376 g/mol. The zero-order valence-corrected chi connectivity index (χ0v) is 15.9. The van der Waals surface area contributed by atoms with Crippen molar-refractivity contribution in [1.29, 1.82) is 0 Å². The maximum absolute atomic E-state index is 12.3. The minimum absolute atomic E-state index is 0.106. The normalized spacial score (nSPS) is 10.6. The van der Waals surface area contributed by atoms with Crippen molar-refractivity contribution in [2.75, 3.05) is 13.7 Å². The van der Waals surface area contributed by atoms with E-state index in [0.717, 1.165) is 21.9 Å². The van der Waals surface area contributed by atoms with E-state index in [1.807, 2.05) is 60.7 Å². The van der Waals surface area contributed by atoms with Gasteiger partial charge < -0.3 is 15.4 Å². The Morgan fingerprint density at radius 3 is 2.36 bits per heavy atom. The first-order chi connectivity index (χ1) is 13.7. The van der Waals surface area contributed by atoms with Gasteiger partial charge in [0.1, 0.15) is 0 Å². The summed E-state index contributed by atoms with van der Waals surface area (Å²) in [5, 5.41) is 7.80. The zero-order valence-electron chi connectivity index (χ0n) is 15.9. The smallest absolute Gasteiger partial charge is 0.251 e. The molecule has 0 aliphatic rings. The number of carbonyl (C=O) groups is 2. The summed E-state index contributed by atoms with van der Waals surface area (Å²) in [5.41, 5.74) is 2.67. The molecule has 5 heteroatoms. The zero-order chi connectivity index (χ0) is 19.8. The number of methoxy groups -OCH3 is 1. The van der Waals surface area contributed by atoms with Crippen LogP contribution in [0.1, 0.15) is 27.9 Å². The van der Waals surface area contributed by atoms with Crippen molar-refractivity contribution in [3.05, 3.63) is 83.4 Å². The van der Waals surface area contributed by atoms with Crippen molar-refractivity contribution in [3.63, 3.8) is 0 Å². The predicted octanol–water partition coefficient (Wildman–Crippen LogP) is 3.42. The Kier molecular flexibility index (Phi) is 6.76. The number of ether oxygens (including phenoxy) is 1. The third-order valence-electron chi connectivity index (χ3n) is 4.54. The molecule has 0 aliphatic heterocycles. The second-order valence-electron chi connectivity index (χ2n) is 6.55. The summed E-state index contributed by atoms with van der Waals surface area (Å²) in [7, 11) is 1.65. The van der Waals surface area contributed by atoms with E-state index in [2.05, 4.69) is 10.6 Å². The predicted molar refractivity (Wildman–Crippen MR) is 110 cm³/mol. The van der Waals surface area contributed by atoms with E-state index in [1.165, 1.54) is 0 Å². The fourth-order valence-electron chi connectivity index (χ4n) is 3.03. The second-order valence-corrected chi connectivity index (χ2v) is 6.55. The van der Waals surface area contributed by atoms with Crippen molar-refractivity contribution in [2.24, 2.45) is 0 Å². The Morgan fingerprint density at radius 2 is 1.57 bits per heavy atom. The van der Waals surface area contributed by atoms with Crippen molar-refractivity contribution in [1.82, 2.24) is 10.6 Å². The summed E-state index contributed by atoms with van der Waals surface area (Å²) in [4.78, 5) is 24.4. The van der Waals surface area contributed by atoms with Gasteiger partial charge in [0.25, 0.3) is 5.91 Å². The van der Waals surface area contributed by atoms with E-state index >= 15 is 0 Å². The number of hydrogen-bond acceptors (Lipinski definition) is 3. The molecule has 144 valence electrons. The molecule has 0 fully saturated rings. The van der Waals surface area contributed by atoms with Gasteiger partial charge in [-0.2, -0.15) is 0 Å². The number of benzene rings is 3. The number of hydrogen-bond donors (Lipinski definition) is 2. The SMILES string of the molecule is COCc1ccccc1CNC(=O)CCNC(=O)c1ccc2ccccc2c1. The van der Waals surface area contributed by atoms with E-state index in [0.29, 0.717) is 18.7 Å². The Bertz CT molecular complexity index is 969. The highest BCUT2D eigenvalue weighted by molar-refractivity contribution is 5.98. The number of carbonyl (C=O) groups excluding carboxylic acids is 2. The first-order valence-electron chi connectivity index (χ1n) is 9.27. The van der Waals surface area contributed by atoms with E-state index in [4.69, 9.17) is 4.74 Å². The van der Waals surface area contributed by atoms with Crippen molar-refractivity contribution in [3.8, 4) is 0 Å². The fourth-order valence-corrected chi connectivity index (χ4v) is 3.03. The maximum Gasteiger partial charge on any atom is 0.251 e. The lowest BCUT2D eigenvalue weighted by Crippen LogP contribution is -2.30. The third kappa shape index (κ3) is 5.18. The molecule has 0 atom stereocenters. The molecule has 3 rings (SSSR count). The van der Waals surface area contributed by atoms with Gasteiger partial charge in [-0.15, -0.1) is 0 Å². The molecule has 0 unspecified atom stereocenters. The first-order valence-corrected chi connectivity index (χ1v) is 9.27. The second kappa shape index (κ2) is 9.67. The van der Waals surface area contributed by atoms with E-state index in [1.54, 1.807) is 13.2 Å². The lowest BCUT2D eigenvalue weighted by atomic mass is 10.1. The molecule has 0 radical (unpaired) electrons. The number of rotatable bonds is 8. The van der Waals surface area contributed by atoms with Crippen molar-refractivity contribution < 1.29 is 14.3 Å². The summed E-state index contributed by atoms with van der Waals surface area (Å²) in [6.45, 7) is 1.24. The maximum atomic E-state index is 12.3. The topological polar surface area (TPSA) is 67.4 Å². The molecule has 0 aliphatic carbocycles. The number of fused-ring (bicyclic) bond motifs is 1. The lowest BCUT2D eigenvalue weighted by molar-refractivity contribution is -0.121. The molecule has 3 aromatic rings. The van der Waals surface area contributed by atoms with Gasteiger partial charge in [-0.05, 0) is 34.0 Å². The largest absolute Gasteiger partial charge is 0.380 e. The van der Waals surface area contributed by atoms with Gasteiger partial charge >= 0.3 is 0 Å². The van der Waals surface area contributed by atoms with Crippen LogP contribution >= 0.6 is 0 Å². The van der Waals surface area contributed by atoms with E-state index < -0.39 is 0 Å². The number of nitrogens with one attached hydrogen (secondary N) is 2. The number of amides is 2. The van der Waals surface area contributed by atoms with Crippen LogP contribution in [-0.4, -0.2) is 25.5 Å². The molecule has 0 spiro atoms. The summed E-state index contributed by atoms with van der Waals surface area (Å²) < 4.78 is 5.18. The summed E-state index contributed by atoms with van der Waals surface area (Å²) in [5.74, 6) is -0.282. The standard InChI is InChI=1S/C23H24N2O3/c1-28-16-21-9-5-4-8-20(21)15-25-22(26)12-13-24-23(27)19-11-10-17-6-2-3-7-18(17)14-19/h2-11,14H,12-13,15-16H2,1H3,(H,24,27)(H,25,26). The molecule has 0 aromatic heterocycles. The Balaban J connectivity index is 1.46.